The molecule has 1 aromatic rings. The molecule has 5 heteroatoms. The zero-order valence-electron chi connectivity index (χ0n) is 9.57. The van der Waals surface area contributed by atoms with E-state index in [0.29, 0.717) is 16.4 Å². The van der Waals surface area contributed by atoms with Crippen LogP contribution in [0, 0.1) is 0 Å². The molecule has 0 spiro atoms. The second-order valence-electron chi connectivity index (χ2n) is 3.70. The number of rotatable bonds is 5. The van der Waals surface area contributed by atoms with Gasteiger partial charge in [-0.1, -0.05) is 48.9 Å². The Morgan fingerprint density at radius 3 is 2.71 bits per heavy atom. The van der Waals surface area contributed by atoms with Crippen molar-refractivity contribution in [3.8, 4) is 0 Å². The predicted molar refractivity (Wildman–Crippen MR) is 74.2 cm³/mol. The molecule has 0 aromatic heterocycles. The van der Waals surface area contributed by atoms with Gasteiger partial charge in [-0.05, 0) is 18.1 Å². The van der Waals surface area contributed by atoms with Gasteiger partial charge in [0.2, 0.25) is 5.91 Å². The maximum absolute atomic E-state index is 11.8. The molecule has 1 rings (SSSR count). The molecule has 1 unspecified atom stereocenters. The van der Waals surface area contributed by atoms with Gasteiger partial charge >= 0.3 is 0 Å². The highest BCUT2D eigenvalue weighted by Crippen LogP contribution is 2.15. The van der Waals surface area contributed by atoms with Crippen LogP contribution >= 0.6 is 23.8 Å². The predicted octanol–water partition coefficient (Wildman–Crippen LogP) is 2.06. The van der Waals surface area contributed by atoms with Gasteiger partial charge in [0.25, 0.3) is 0 Å². The lowest BCUT2D eigenvalue weighted by molar-refractivity contribution is -0.120. The Balaban J connectivity index is 2.61. The van der Waals surface area contributed by atoms with E-state index < -0.39 is 0 Å². The number of benzene rings is 1. The first-order chi connectivity index (χ1) is 8.04. The van der Waals surface area contributed by atoms with E-state index in [-0.39, 0.29) is 18.4 Å². The number of amides is 1. The van der Waals surface area contributed by atoms with Crippen molar-refractivity contribution < 1.29 is 4.79 Å². The van der Waals surface area contributed by atoms with E-state index >= 15 is 0 Å². The van der Waals surface area contributed by atoms with Crippen LogP contribution in [0.3, 0.4) is 0 Å². The lowest BCUT2D eigenvalue weighted by Crippen LogP contribution is -2.43. The van der Waals surface area contributed by atoms with E-state index in [1.54, 1.807) is 6.07 Å². The van der Waals surface area contributed by atoms with Crippen molar-refractivity contribution in [2.75, 3.05) is 0 Å². The number of halogens is 1. The molecular weight excluding hydrogens is 256 g/mol. The fraction of sp³-hybridized carbons (Fsp3) is 0.333. The number of hydrogen-bond donors (Lipinski definition) is 2. The molecule has 0 saturated heterocycles. The number of nitrogens with one attached hydrogen (secondary N) is 1. The molecule has 17 heavy (non-hydrogen) atoms. The molecule has 0 bridgehead atoms. The van der Waals surface area contributed by atoms with Crippen molar-refractivity contribution in [2.45, 2.75) is 25.8 Å². The van der Waals surface area contributed by atoms with E-state index in [1.807, 2.05) is 25.1 Å². The second kappa shape index (κ2) is 6.57. The van der Waals surface area contributed by atoms with E-state index in [4.69, 9.17) is 29.6 Å². The summed E-state index contributed by atoms with van der Waals surface area (Å²) in [7, 11) is 0. The Hall–Kier alpha value is -1.13. The smallest absolute Gasteiger partial charge is 0.225 e. The number of nitrogens with two attached hydrogens (primary N) is 1. The van der Waals surface area contributed by atoms with Crippen molar-refractivity contribution in [2.24, 2.45) is 5.73 Å². The van der Waals surface area contributed by atoms with Gasteiger partial charge in [0.15, 0.2) is 0 Å². The highest BCUT2D eigenvalue weighted by molar-refractivity contribution is 7.80. The largest absolute Gasteiger partial charge is 0.392 e. The topological polar surface area (TPSA) is 55.1 Å². The van der Waals surface area contributed by atoms with Gasteiger partial charge in [0.05, 0.1) is 17.5 Å². The first kappa shape index (κ1) is 13.9. The van der Waals surface area contributed by atoms with E-state index in [1.165, 1.54) is 0 Å². The molecule has 92 valence electrons. The van der Waals surface area contributed by atoms with Gasteiger partial charge in [-0.3, -0.25) is 4.79 Å². The van der Waals surface area contributed by atoms with Crippen LogP contribution in [0.15, 0.2) is 24.3 Å². The zero-order chi connectivity index (χ0) is 12.8. The van der Waals surface area contributed by atoms with Gasteiger partial charge in [-0.2, -0.15) is 0 Å². The summed E-state index contributed by atoms with van der Waals surface area (Å²) >= 11 is 10.8. The minimum atomic E-state index is -0.250. The third-order valence-corrected chi connectivity index (χ3v) is 3.05. The van der Waals surface area contributed by atoms with Gasteiger partial charge in [0.1, 0.15) is 0 Å². The number of thiocarbonyl (C=S) groups is 1. The molecule has 1 atom stereocenters. The molecule has 0 saturated carbocycles. The van der Waals surface area contributed by atoms with E-state index in [2.05, 4.69) is 5.32 Å². The summed E-state index contributed by atoms with van der Waals surface area (Å²) in [5, 5.41) is 3.37. The standard InChI is InChI=1S/C12H15ClN2OS/c1-2-10(12(14)17)15-11(16)7-8-5-3-4-6-9(8)13/h3-6,10H,2,7H2,1H3,(H2,14,17)(H,15,16). The van der Waals surface area contributed by atoms with Crippen molar-refractivity contribution in [1.82, 2.24) is 5.32 Å². The molecule has 0 fully saturated rings. The molecule has 0 aliphatic carbocycles. The maximum atomic E-state index is 11.8. The normalized spacial score (nSPS) is 11.9. The van der Waals surface area contributed by atoms with Crippen molar-refractivity contribution in [1.29, 1.82) is 0 Å². The van der Waals surface area contributed by atoms with E-state index in [9.17, 15) is 4.79 Å². The molecule has 1 aromatic carbocycles. The Morgan fingerprint density at radius 2 is 2.18 bits per heavy atom. The number of carbonyl (C=O) groups is 1. The van der Waals surface area contributed by atoms with Crippen LogP contribution in [-0.4, -0.2) is 16.9 Å². The Kier molecular flexibility index (Phi) is 5.38. The SMILES string of the molecule is CCC(NC(=O)Cc1ccccc1Cl)C(N)=S. The van der Waals surface area contributed by atoms with Crippen LogP contribution in [0.4, 0.5) is 0 Å². The average Bonchev–Trinajstić information content (AvgIpc) is 2.28. The summed E-state index contributed by atoms with van der Waals surface area (Å²) in [6, 6.07) is 7.01. The third kappa shape index (κ3) is 4.32. The first-order valence-corrected chi connectivity index (χ1v) is 6.15. The Morgan fingerprint density at radius 1 is 1.53 bits per heavy atom. The summed E-state index contributed by atoms with van der Waals surface area (Å²) in [6.07, 6.45) is 0.919. The summed E-state index contributed by atoms with van der Waals surface area (Å²) in [4.78, 5) is 12.1. The van der Waals surface area contributed by atoms with Crippen LogP contribution < -0.4 is 11.1 Å². The first-order valence-electron chi connectivity index (χ1n) is 5.36. The summed E-state index contributed by atoms with van der Waals surface area (Å²) in [5.74, 6) is -0.127. The van der Waals surface area contributed by atoms with Crippen molar-refractivity contribution in [3.05, 3.63) is 34.9 Å². The Bertz CT molecular complexity index is 423. The highest BCUT2D eigenvalue weighted by atomic mass is 35.5. The van der Waals surface area contributed by atoms with Gasteiger partial charge in [0, 0.05) is 5.02 Å². The van der Waals surface area contributed by atoms with Crippen LogP contribution in [0.25, 0.3) is 0 Å². The molecular formula is C12H15ClN2OS. The number of hydrogen-bond acceptors (Lipinski definition) is 2. The fourth-order valence-corrected chi connectivity index (χ4v) is 1.86. The van der Waals surface area contributed by atoms with Gasteiger partial charge < -0.3 is 11.1 Å². The second-order valence-corrected chi connectivity index (χ2v) is 4.58. The van der Waals surface area contributed by atoms with Gasteiger partial charge in [-0.15, -0.1) is 0 Å². The quantitative estimate of drug-likeness (QED) is 0.806. The summed E-state index contributed by atoms with van der Waals surface area (Å²) in [6.45, 7) is 1.92. The van der Waals surface area contributed by atoms with Crippen molar-refractivity contribution in [3.63, 3.8) is 0 Å². The highest BCUT2D eigenvalue weighted by Gasteiger charge is 2.13. The third-order valence-electron chi connectivity index (χ3n) is 2.40. The van der Waals surface area contributed by atoms with E-state index in [0.717, 1.165) is 5.56 Å². The molecule has 0 aliphatic heterocycles. The average molecular weight is 271 g/mol. The van der Waals surface area contributed by atoms with Crippen molar-refractivity contribution >= 4 is 34.7 Å². The van der Waals surface area contributed by atoms with Crippen LogP contribution in [-0.2, 0) is 11.2 Å². The Labute approximate surface area is 111 Å². The summed E-state index contributed by atoms with van der Waals surface area (Å²) < 4.78 is 0. The molecule has 0 radical (unpaired) electrons. The number of carbonyl (C=O) groups excluding carboxylic acids is 1. The zero-order valence-corrected chi connectivity index (χ0v) is 11.1. The van der Waals surface area contributed by atoms with Gasteiger partial charge in [-0.25, -0.2) is 0 Å². The summed E-state index contributed by atoms with van der Waals surface area (Å²) in [5.41, 5.74) is 6.31. The van der Waals surface area contributed by atoms with Crippen LogP contribution in [0.2, 0.25) is 5.02 Å². The maximum Gasteiger partial charge on any atom is 0.225 e. The minimum Gasteiger partial charge on any atom is -0.392 e. The lowest BCUT2D eigenvalue weighted by Gasteiger charge is -2.15. The molecule has 1 amide bonds. The molecule has 3 N–H and O–H groups in total. The molecule has 0 aliphatic rings. The molecule has 0 heterocycles. The molecule has 3 nitrogen and oxygen atoms in total. The van der Waals surface area contributed by atoms with Crippen LogP contribution in [0.1, 0.15) is 18.9 Å². The fourth-order valence-electron chi connectivity index (χ4n) is 1.43. The van der Waals surface area contributed by atoms with Crippen LogP contribution in [0.5, 0.6) is 0 Å². The lowest BCUT2D eigenvalue weighted by atomic mass is 10.1. The minimum absolute atomic E-state index is 0.127. The monoisotopic (exact) mass is 270 g/mol.